The Morgan fingerprint density at radius 3 is 2.71 bits per heavy atom. The summed E-state index contributed by atoms with van der Waals surface area (Å²) in [6.45, 7) is 1.28. The minimum Gasteiger partial charge on any atom is -0.458 e. The highest BCUT2D eigenvalue weighted by Crippen LogP contribution is 2.64. The fraction of sp³-hybridized carbons (Fsp3) is 0.360. The highest BCUT2D eigenvalue weighted by atomic mass is 35.5. The van der Waals surface area contributed by atoms with Gasteiger partial charge in [0.05, 0.1) is 11.7 Å². The molecule has 1 atom stereocenters. The summed E-state index contributed by atoms with van der Waals surface area (Å²) in [4.78, 5) is 19.3. The smallest absolute Gasteiger partial charge is 0.318 e. The molecule has 2 aliphatic rings. The van der Waals surface area contributed by atoms with Crippen LogP contribution in [0.4, 0.5) is 14.6 Å². The summed E-state index contributed by atoms with van der Waals surface area (Å²) in [7, 11) is 2.04. The Morgan fingerprint density at radius 1 is 1.11 bits per heavy atom. The van der Waals surface area contributed by atoms with E-state index in [9.17, 15) is 8.78 Å². The van der Waals surface area contributed by atoms with Crippen LogP contribution >= 0.6 is 11.6 Å². The van der Waals surface area contributed by atoms with Crippen LogP contribution in [0.5, 0.6) is 6.01 Å². The van der Waals surface area contributed by atoms with Crippen LogP contribution in [0.15, 0.2) is 42.7 Å². The summed E-state index contributed by atoms with van der Waals surface area (Å²) in [6.07, 6.45) is 5.78. The zero-order valence-corrected chi connectivity index (χ0v) is 19.8. The van der Waals surface area contributed by atoms with E-state index in [0.717, 1.165) is 42.4 Å². The highest BCUT2D eigenvalue weighted by Gasteiger charge is 2.57. The first-order valence-electron chi connectivity index (χ1n) is 11.6. The molecule has 0 amide bonds. The Balaban J connectivity index is 1.13. The Bertz CT molecular complexity index is 1420. The first kappa shape index (κ1) is 22.2. The van der Waals surface area contributed by atoms with Crippen molar-refractivity contribution in [1.29, 1.82) is 0 Å². The van der Waals surface area contributed by atoms with Gasteiger partial charge in [0.2, 0.25) is 0 Å². The predicted octanol–water partition coefficient (Wildman–Crippen LogP) is 5.04. The molecule has 1 saturated heterocycles. The van der Waals surface area contributed by atoms with Crippen LogP contribution < -0.4 is 9.64 Å². The first-order valence-corrected chi connectivity index (χ1v) is 11.9. The normalized spacial score (nSPS) is 18.9. The van der Waals surface area contributed by atoms with Gasteiger partial charge < -0.3 is 14.2 Å². The number of hydrogen-bond donors (Lipinski definition) is 0. The van der Waals surface area contributed by atoms with E-state index in [-0.39, 0.29) is 23.9 Å². The van der Waals surface area contributed by atoms with Crippen molar-refractivity contribution in [2.75, 3.05) is 18.0 Å². The molecular weight excluding hydrogens is 474 g/mol. The summed E-state index contributed by atoms with van der Waals surface area (Å²) >= 11 is 5.79. The third-order valence-electron chi connectivity index (χ3n) is 7.33. The number of fused-ring (bicyclic) bond motifs is 1. The molecule has 0 bridgehead atoms. The molecule has 1 saturated carbocycles. The van der Waals surface area contributed by atoms with Gasteiger partial charge in [-0.1, -0.05) is 17.7 Å². The van der Waals surface area contributed by atoms with Crippen LogP contribution in [-0.4, -0.2) is 37.6 Å². The van der Waals surface area contributed by atoms with Crippen LogP contribution in [0, 0.1) is 17.0 Å². The van der Waals surface area contributed by atoms with Crippen molar-refractivity contribution in [3.63, 3.8) is 0 Å². The van der Waals surface area contributed by atoms with Crippen LogP contribution in [0.25, 0.3) is 11.2 Å². The molecule has 180 valence electrons. The van der Waals surface area contributed by atoms with E-state index in [4.69, 9.17) is 21.3 Å². The summed E-state index contributed by atoms with van der Waals surface area (Å²) < 4.78 is 36.4. The number of hydrogen-bond acceptors (Lipinski definition) is 6. The molecular formula is C25H23ClF2N6O. The van der Waals surface area contributed by atoms with E-state index in [2.05, 4.69) is 19.5 Å². The number of pyridine rings is 1. The SMILES string of the molecule is Cn1c(C2CC23CCN(c2nc(OCc4ccc(Cl)cc4F)ncc2F)CC3)nc2ncccc21. The van der Waals surface area contributed by atoms with Crippen molar-refractivity contribution in [2.45, 2.75) is 31.8 Å². The molecule has 1 unspecified atom stereocenters. The molecule has 4 aromatic rings. The van der Waals surface area contributed by atoms with Gasteiger partial charge in [-0.2, -0.15) is 4.98 Å². The van der Waals surface area contributed by atoms with Gasteiger partial charge in [0.25, 0.3) is 0 Å². The summed E-state index contributed by atoms with van der Waals surface area (Å²) in [5.74, 6) is 0.694. The van der Waals surface area contributed by atoms with E-state index in [1.165, 1.54) is 6.07 Å². The van der Waals surface area contributed by atoms with Crippen LogP contribution in [-0.2, 0) is 13.7 Å². The van der Waals surface area contributed by atoms with E-state index < -0.39 is 11.6 Å². The third kappa shape index (κ3) is 3.97. The largest absolute Gasteiger partial charge is 0.458 e. The molecule has 3 aromatic heterocycles. The van der Waals surface area contributed by atoms with E-state index in [0.29, 0.717) is 29.6 Å². The second-order valence-corrected chi connectivity index (χ2v) is 9.77. The highest BCUT2D eigenvalue weighted by molar-refractivity contribution is 6.30. The molecule has 0 N–H and O–H groups in total. The van der Waals surface area contributed by atoms with Crippen molar-refractivity contribution < 1.29 is 13.5 Å². The molecule has 1 aromatic carbocycles. The zero-order valence-electron chi connectivity index (χ0n) is 19.1. The monoisotopic (exact) mass is 496 g/mol. The number of halogens is 3. The van der Waals surface area contributed by atoms with Crippen molar-refractivity contribution in [3.05, 3.63) is 70.8 Å². The van der Waals surface area contributed by atoms with Gasteiger partial charge in [-0.15, -0.1) is 0 Å². The van der Waals surface area contributed by atoms with Gasteiger partial charge in [0, 0.05) is 42.8 Å². The molecule has 4 heterocycles. The molecule has 1 aliphatic carbocycles. The second kappa shape index (κ2) is 8.41. The lowest BCUT2D eigenvalue weighted by atomic mass is 9.90. The van der Waals surface area contributed by atoms with E-state index >= 15 is 0 Å². The average Bonchev–Trinajstić information content (AvgIpc) is 3.44. The van der Waals surface area contributed by atoms with Gasteiger partial charge in [-0.3, -0.25) is 0 Å². The lowest BCUT2D eigenvalue weighted by Crippen LogP contribution is -2.36. The topological polar surface area (TPSA) is 69.0 Å². The van der Waals surface area contributed by atoms with Gasteiger partial charge in [-0.25, -0.2) is 23.7 Å². The van der Waals surface area contributed by atoms with Crippen LogP contribution in [0.2, 0.25) is 5.02 Å². The Kier molecular flexibility index (Phi) is 5.32. The standard InChI is InChI=1S/C25H23ClF2N6O/c1-33-20-3-2-8-29-21(20)31-22(33)17-12-25(17)6-9-34(10-7-25)23-19(28)13-30-24(32-23)35-14-15-4-5-16(26)11-18(15)27/h2-5,8,11,13,17H,6-7,9-10,12,14H2,1H3. The second-order valence-electron chi connectivity index (χ2n) is 9.33. The minimum absolute atomic E-state index is 0.00698. The van der Waals surface area contributed by atoms with Crippen molar-refractivity contribution in [2.24, 2.45) is 12.5 Å². The number of aryl methyl sites for hydroxylation is 1. The molecule has 0 radical (unpaired) electrons. The molecule has 7 nitrogen and oxygen atoms in total. The number of ether oxygens (including phenoxy) is 1. The maximum absolute atomic E-state index is 14.6. The molecule has 6 rings (SSSR count). The van der Waals surface area contributed by atoms with Crippen LogP contribution in [0.3, 0.4) is 0 Å². The molecule has 35 heavy (non-hydrogen) atoms. The average molecular weight is 497 g/mol. The molecule has 10 heteroatoms. The van der Waals surface area contributed by atoms with E-state index in [1.807, 2.05) is 24.1 Å². The fourth-order valence-corrected chi connectivity index (χ4v) is 5.36. The lowest BCUT2D eigenvalue weighted by Gasteiger charge is -2.33. The maximum atomic E-state index is 14.6. The Labute approximate surface area is 205 Å². The number of nitrogens with zero attached hydrogens (tertiary/aromatic N) is 6. The number of benzene rings is 1. The van der Waals surface area contributed by atoms with Gasteiger partial charge in [-0.05, 0) is 48.9 Å². The molecule has 2 fully saturated rings. The number of piperidine rings is 1. The Morgan fingerprint density at radius 2 is 1.94 bits per heavy atom. The summed E-state index contributed by atoms with van der Waals surface area (Å²) in [5, 5.41) is 0.306. The van der Waals surface area contributed by atoms with Crippen LogP contribution in [0.1, 0.15) is 36.6 Å². The third-order valence-corrected chi connectivity index (χ3v) is 7.56. The fourth-order valence-electron chi connectivity index (χ4n) is 5.20. The van der Waals surface area contributed by atoms with Crippen molar-refractivity contribution >= 4 is 28.6 Å². The number of aromatic nitrogens is 5. The van der Waals surface area contributed by atoms with Gasteiger partial charge in [0.15, 0.2) is 17.3 Å². The van der Waals surface area contributed by atoms with Gasteiger partial charge in [0.1, 0.15) is 18.2 Å². The summed E-state index contributed by atoms with van der Waals surface area (Å²) in [5.41, 5.74) is 2.32. The first-order chi connectivity index (χ1) is 16.9. The zero-order chi connectivity index (χ0) is 24.2. The predicted molar refractivity (Wildman–Crippen MR) is 127 cm³/mol. The molecule has 1 aliphatic heterocycles. The Hall–Kier alpha value is -3.33. The van der Waals surface area contributed by atoms with Crippen molar-refractivity contribution in [3.8, 4) is 6.01 Å². The lowest BCUT2D eigenvalue weighted by molar-refractivity contribution is 0.273. The quantitative estimate of drug-likeness (QED) is 0.385. The number of anilines is 1. The van der Waals surface area contributed by atoms with E-state index in [1.54, 1.807) is 18.3 Å². The van der Waals surface area contributed by atoms with Gasteiger partial charge >= 0.3 is 6.01 Å². The molecule has 1 spiro atoms. The minimum atomic E-state index is -0.500. The number of imidazole rings is 1. The number of rotatable bonds is 5. The van der Waals surface area contributed by atoms with Crippen molar-refractivity contribution in [1.82, 2.24) is 24.5 Å². The summed E-state index contributed by atoms with van der Waals surface area (Å²) in [6, 6.07) is 8.31. The maximum Gasteiger partial charge on any atom is 0.318 e.